The van der Waals surface area contributed by atoms with Gasteiger partial charge in [-0.25, -0.2) is 9.37 Å². The molecule has 2 aromatic heterocycles. The Hall–Kier alpha value is -3.56. The minimum Gasteiger partial charge on any atom is -0.406 e. The molecule has 1 aromatic carbocycles. The summed E-state index contributed by atoms with van der Waals surface area (Å²) < 4.78 is 54.3. The number of nitrogens with zero attached hydrogens (tertiary/aromatic N) is 3. The van der Waals surface area contributed by atoms with Gasteiger partial charge in [0.15, 0.2) is 17.3 Å². The van der Waals surface area contributed by atoms with Crippen molar-refractivity contribution in [3.05, 3.63) is 66.2 Å². The highest BCUT2D eigenvalue weighted by Gasteiger charge is 2.31. The van der Waals surface area contributed by atoms with Gasteiger partial charge in [-0.3, -0.25) is 4.79 Å². The summed E-state index contributed by atoms with van der Waals surface area (Å²) in [7, 11) is 0. The van der Waals surface area contributed by atoms with Gasteiger partial charge >= 0.3 is 6.36 Å². The van der Waals surface area contributed by atoms with E-state index in [0.29, 0.717) is 5.56 Å². The number of rotatable bonds is 4. The molecule has 0 aliphatic carbocycles. The van der Waals surface area contributed by atoms with E-state index in [1.807, 2.05) is 0 Å². The lowest BCUT2D eigenvalue weighted by Gasteiger charge is -2.10. The first-order valence-corrected chi connectivity index (χ1v) is 7.43. The maximum absolute atomic E-state index is 13.5. The molecule has 10 heteroatoms. The van der Waals surface area contributed by atoms with Gasteiger partial charge in [-0.2, -0.15) is 0 Å². The van der Waals surface area contributed by atoms with Gasteiger partial charge in [0.25, 0.3) is 5.91 Å². The fraction of sp³-hybridized carbons (Fsp3) is 0.0588. The predicted molar refractivity (Wildman–Crippen MR) is 86.3 cm³/mol. The van der Waals surface area contributed by atoms with Crippen LogP contribution in [0.5, 0.6) is 5.75 Å². The van der Waals surface area contributed by atoms with Crippen LogP contribution >= 0.6 is 0 Å². The number of benzene rings is 1. The lowest BCUT2D eigenvalue weighted by Crippen LogP contribution is -2.17. The van der Waals surface area contributed by atoms with E-state index in [1.165, 1.54) is 36.5 Å². The average molecular weight is 378 g/mol. The molecule has 6 nitrogen and oxygen atoms in total. The van der Waals surface area contributed by atoms with Crippen molar-refractivity contribution in [1.29, 1.82) is 0 Å². The van der Waals surface area contributed by atoms with E-state index < -0.39 is 29.5 Å². The highest BCUT2D eigenvalue weighted by atomic mass is 19.4. The molecular weight excluding hydrogens is 368 g/mol. The third kappa shape index (κ3) is 4.75. The van der Waals surface area contributed by atoms with Crippen molar-refractivity contribution in [1.82, 2.24) is 15.2 Å². The summed E-state index contributed by atoms with van der Waals surface area (Å²) in [6.07, 6.45) is -3.54. The lowest BCUT2D eigenvalue weighted by molar-refractivity contribution is -0.274. The molecule has 3 aromatic rings. The number of ether oxygens (including phenoxy) is 1. The van der Waals surface area contributed by atoms with Crippen molar-refractivity contribution in [3.8, 4) is 17.0 Å². The summed E-state index contributed by atoms with van der Waals surface area (Å²) in [5.74, 6) is -1.97. The van der Waals surface area contributed by atoms with Crippen LogP contribution in [0.1, 0.15) is 10.5 Å². The van der Waals surface area contributed by atoms with Crippen LogP contribution < -0.4 is 10.1 Å². The number of carbonyl (C=O) groups excluding carboxylic acids is 1. The number of alkyl halides is 3. The summed E-state index contributed by atoms with van der Waals surface area (Å²) in [6, 6.07) is 10.4. The zero-order valence-electron chi connectivity index (χ0n) is 13.4. The molecule has 0 radical (unpaired) electrons. The van der Waals surface area contributed by atoms with E-state index in [-0.39, 0.29) is 11.5 Å². The zero-order valence-corrected chi connectivity index (χ0v) is 13.4. The number of hydrogen-bond acceptors (Lipinski definition) is 5. The van der Waals surface area contributed by atoms with E-state index in [9.17, 15) is 22.4 Å². The zero-order chi connectivity index (χ0) is 19.4. The molecule has 0 aliphatic rings. The van der Waals surface area contributed by atoms with Gasteiger partial charge < -0.3 is 10.1 Å². The largest absolute Gasteiger partial charge is 0.573 e. The van der Waals surface area contributed by atoms with Crippen molar-refractivity contribution < 1.29 is 27.1 Å². The standard InChI is InChI=1S/C17H10F4N4O2/c18-12-5-2-8-22-15(12)16(26)23-14-7-6-13(24-25-14)10-3-1-4-11(9-10)27-17(19,20)21/h1-9H,(H,23,25,26). The van der Waals surface area contributed by atoms with Crippen LogP contribution in [0.15, 0.2) is 54.7 Å². The molecule has 1 N–H and O–H groups in total. The van der Waals surface area contributed by atoms with Crippen molar-refractivity contribution in [2.75, 3.05) is 5.32 Å². The number of amides is 1. The highest BCUT2D eigenvalue weighted by Crippen LogP contribution is 2.27. The van der Waals surface area contributed by atoms with Crippen molar-refractivity contribution in [2.24, 2.45) is 0 Å². The number of pyridine rings is 1. The predicted octanol–water partition coefficient (Wildman–Crippen LogP) is 3.83. The Balaban J connectivity index is 1.75. The van der Waals surface area contributed by atoms with E-state index in [1.54, 1.807) is 0 Å². The second kappa shape index (κ2) is 7.36. The van der Waals surface area contributed by atoms with Crippen molar-refractivity contribution in [3.63, 3.8) is 0 Å². The number of halogens is 4. The van der Waals surface area contributed by atoms with Crippen LogP contribution in [0, 0.1) is 5.82 Å². The number of carbonyl (C=O) groups is 1. The fourth-order valence-electron chi connectivity index (χ4n) is 2.13. The molecule has 1 amide bonds. The van der Waals surface area contributed by atoms with E-state index in [2.05, 4.69) is 25.2 Å². The molecule has 0 bridgehead atoms. The highest BCUT2D eigenvalue weighted by molar-refractivity contribution is 6.02. The molecule has 0 spiro atoms. The molecule has 0 fully saturated rings. The van der Waals surface area contributed by atoms with Crippen LogP contribution in [-0.2, 0) is 0 Å². The molecule has 27 heavy (non-hydrogen) atoms. The van der Waals surface area contributed by atoms with Crippen molar-refractivity contribution in [2.45, 2.75) is 6.36 Å². The maximum atomic E-state index is 13.5. The first kappa shape index (κ1) is 18.2. The third-order valence-electron chi connectivity index (χ3n) is 3.24. The monoisotopic (exact) mass is 378 g/mol. The van der Waals surface area contributed by atoms with E-state index >= 15 is 0 Å². The summed E-state index contributed by atoms with van der Waals surface area (Å²) in [5, 5.41) is 9.93. The Morgan fingerprint density at radius 1 is 1.04 bits per heavy atom. The lowest BCUT2D eigenvalue weighted by atomic mass is 10.1. The summed E-state index contributed by atoms with van der Waals surface area (Å²) in [6.45, 7) is 0. The first-order valence-electron chi connectivity index (χ1n) is 7.43. The topological polar surface area (TPSA) is 77.0 Å². The number of aromatic nitrogens is 3. The molecule has 2 heterocycles. The minimum absolute atomic E-state index is 0.0245. The van der Waals surface area contributed by atoms with Crippen LogP contribution in [0.3, 0.4) is 0 Å². The van der Waals surface area contributed by atoms with Crippen LogP contribution in [-0.4, -0.2) is 27.5 Å². The minimum atomic E-state index is -4.81. The SMILES string of the molecule is O=C(Nc1ccc(-c2cccc(OC(F)(F)F)c2)nn1)c1ncccc1F. The van der Waals surface area contributed by atoms with Gasteiger partial charge in [-0.15, -0.1) is 23.4 Å². The quantitative estimate of drug-likeness (QED) is 0.699. The Morgan fingerprint density at radius 3 is 2.52 bits per heavy atom. The maximum Gasteiger partial charge on any atom is 0.573 e. The molecule has 3 rings (SSSR count). The Labute approximate surface area is 149 Å². The first-order chi connectivity index (χ1) is 12.8. The third-order valence-corrected chi connectivity index (χ3v) is 3.24. The average Bonchev–Trinajstić information content (AvgIpc) is 2.61. The van der Waals surface area contributed by atoms with Gasteiger partial charge in [-0.1, -0.05) is 12.1 Å². The van der Waals surface area contributed by atoms with Gasteiger partial charge in [0.05, 0.1) is 5.69 Å². The molecule has 0 aliphatic heterocycles. The molecule has 0 saturated heterocycles. The summed E-state index contributed by atoms with van der Waals surface area (Å²) in [5.41, 5.74) is 0.183. The van der Waals surface area contributed by atoms with Gasteiger partial charge in [0.2, 0.25) is 0 Å². The van der Waals surface area contributed by atoms with Crippen molar-refractivity contribution >= 4 is 11.7 Å². The molecule has 138 valence electrons. The summed E-state index contributed by atoms with van der Waals surface area (Å²) >= 11 is 0. The second-order valence-electron chi connectivity index (χ2n) is 5.17. The van der Waals surface area contributed by atoms with Gasteiger partial charge in [0, 0.05) is 11.8 Å². The smallest absolute Gasteiger partial charge is 0.406 e. The Bertz CT molecular complexity index is 962. The van der Waals surface area contributed by atoms with E-state index in [4.69, 9.17) is 0 Å². The molecule has 0 saturated carbocycles. The number of hydrogen-bond donors (Lipinski definition) is 1. The molecule has 0 unspecified atom stereocenters. The Morgan fingerprint density at radius 2 is 1.85 bits per heavy atom. The fourth-order valence-corrected chi connectivity index (χ4v) is 2.13. The summed E-state index contributed by atoms with van der Waals surface area (Å²) in [4.78, 5) is 15.6. The van der Waals surface area contributed by atoms with Gasteiger partial charge in [0.1, 0.15) is 5.75 Å². The van der Waals surface area contributed by atoms with Crippen LogP contribution in [0.4, 0.5) is 23.4 Å². The number of anilines is 1. The second-order valence-corrected chi connectivity index (χ2v) is 5.17. The van der Waals surface area contributed by atoms with Crippen LogP contribution in [0.2, 0.25) is 0 Å². The molecule has 0 atom stereocenters. The van der Waals surface area contributed by atoms with Crippen LogP contribution in [0.25, 0.3) is 11.3 Å². The molecular formula is C17H10F4N4O2. The normalized spacial score (nSPS) is 11.1. The van der Waals surface area contributed by atoms with Gasteiger partial charge in [-0.05, 0) is 36.4 Å². The Kier molecular flexibility index (Phi) is 4.97. The van der Waals surface area contributed by atoms with E-state index in [0.717, 1.165) is 18.2 Å². The number of nitrogens with one attached hydrogen (secondary N) is 1.